The van der Waals surface area contributed by atoms with Crippen molar-refractivity contribution in [3.05, 3.63) is 40.4 Å². The Hall–Kier alpha value is -2.21. The molecule has 116 valence electrons. The molecular weight excluding hydrogens is 282 g/mol. The molecule has 0 spiro atoms. The van der Waals surface area contributed by atoms with Gasteiger partial charge in [0.2, 0.25) is 0 Å². The summed E-state index contributed by atoms with van der Waals surface area (Å²) in [6, 6.07) is 6.79. The molecule has 1 fully saturated rings. The second-order valence-electron chi connectivity index (χ2n) is 6.16. The summed E-state index contributed by atoms with van der Waals surface area (Å²) in [6.45, 7) is 1.99. The molecule has 2 unspecified atom stereocenters. The second-order valence-corrected chi connectivity index (χ2v) is 6.16. The maximum absolute atomic E-state index is 12.4. The van der Waals surface area contributed by atoms with E-state index < -0.39 is 5.91 Å². The highest BCUT2D eigenvalue weighted by atomic mass is 16.3. The Labute approximate surface area is 127 Å². The molecule has 3 N–H and O–H groups in total. The number of aliphatic hydroxyl groups excluding tert-OH is 1. The summed E-state index contributed by atoms with van der Waals surface area (Å²) in [6.07, 6.45) is 2.65. The first-order valence-corrected chi connectivity index (χ1v) is 7.44. The summed E-state index contributed by atoms with van der Waals surface area (Å²) >= 11 is 0. The maximum Gasteiger partial charge on any atom is 0.287 e. The molecule has 2 aromatic rings. The van der Waals surface area contributed by atoms with Gasteiger partial charge in [0.1, 0.15) is 0 Å². The number of fused-ring (bicyclic) bond motifs is 1. The largest absolute Gasteiger partial charge is 0.396 e. The van der Waals surface area contributed by atoms with E-state index in [1.54, 1.807) is 24.3 Å². The number of para-hydroxylation sites is 1. The molecule has 1 aliphatic carbocycles. The molecule has 6 nitrogen and oxygen atoms in total. The summed E-state index contributed by atoms with van der Waals surface area (Å²) in [7, 11) is 0. The van der Waals surface area contributed by atoms with Crippen LogP contribution in [-0.2, 0) is 0 Å². The summed E-state index contributed by atoms with van der Waals surface area (Å²) in [5.74, 6) is -0.398. The molecule has 1 saturated carbocycles. The van der Waals surface area contributed by atoms with E-state index in [1.807, 2.05) is 6.92 Å². The Morgan fingerprint density at radius 1 is 1.50 bits per heavy atom. The van der Waals surface area contributed by atoms with Crippen LogP contribution in [0.4, 0.5) is 0 Å². The molecule has 1 aliphatic rings. The lowest BCUT2D eigenvalue weighted by Gasteiger charge is -2.29. The molecule has 1 heterocycles. The number of aliphatic hydroxyl groups is 1. The lowest BCUT2D eigenvalue weighted by atomic mass is 9.86. The number of amides is 1. The number of nitrogens with zero attached hydrogens (tertiary/aromatic N) is 1. The molecular formula is C16H19N3O3. The highest BCUT2D eigenvalue weighted by Crippen LogP contribution is 2.37. The van der Waals surface area contributed by atoms with Gasteiger partial charge in [-0.25, -0.2) is 4.98 Å². The van der Waals surface area contributed by atoms with Gasteiger partial charge in [0.05, 0.1) is 17.5 Å². The van der Waals surface area contributed by atoms with E-state index in [0.717, 1.165) is 19.3 Å². The third-order valence-electron chi connectivity index (χ3n) is 4.58. The Morgan fingerprint density at radius 3 is 3.05 bits per heavy atom. The first kappa shape index (κ1) is 14.7. The van der Waals surface area contributed by atoms with Gasteiger partial charge in [-0.1, -0.05) is 25.5 Å². The topological polar surface area (TPSA) is 95.1 Å². The van der Waals surface area contributed by atoms with Crippen LogP contribution < -0.4 is 10.9 Å². The Kier molecular flexibility index (Phi) is 3.70. The van der Waals surface area contributed by atoms with Crippen LogP contribution in [0.25, 0.3) is 10.9 Å². The van der Waals surface area contributed by atoms with Gasteiger partial charge in [-0.05, 0) is 25.0 Å². The normalized spacial score (nSPS) is 24.5. The van der Waals surface area contributed by atoms with E-state index in [2.05, 4.69) is 15.3 Å². The molecule has 3 rings (SSSR count). The minimum absolute atomic E-state index is 0.0101. The molecule has 1 aromatic carbocycles. The van der Waals surface area contributed by atoms with Crippen LogP contribution in [0.2, 0.25) is 0 Å². The zero-order chi connectivity index (χ0) is 15.7. The van der Waals surface area contributed by atoms with Crippen molar-refractivity contribution in [3.8, 4) is 0 Å². The summed E-state index contributed by atoms with van der Waals surface area (Å²) in [5.41, 5.74) is -0.146. The van der Waals surface area contributed by atoms with Crippen molar-refractivity contribution in [2.45, 2.75) is 32.2 Å². The summed E-state index contributed by atoms with van der Waals surface area (Å²) in [4.78, 5) is 31.1. The van der Waals surface area contributed by atoms with Gasteiger partial charge >= 0.3 is 0 Å². The molecule has 0 bridgehead atoms. The predicted molar refractivity (Wildman–Crippen MR) is 82.7 cm³/mol. The molecule has 1 aromatic heterocycles. The minimum atomic E-state index is -0.408. The standard InChI is InChI=1S/C16H19N3O3/c1-16(9-20)8-4-7-12(16)18-15(22)13-17-11-6-3-2-5-10(11)14(21)19-13/h2-3,5-6,12,20H,4,7-9H2,1H3,(H,18,22)(H,17,19,21). The molecule has 0 saturated heterocycles. The number of H-pyrrole nitrogens is 1. The summed E-state index contributed by atoms with van der Waals surface area (Å²) in [5, 5.41) is 12.9. The molecule has 0 radical (unpaired) electrons. The predicted octanol–water partition coefficient (Wildman–Crippen LogP) is 1.20. The smallest absolute Gasteiger partial charge is 0.287 e. The van der Waals surface area contributed by atoms with Gasteiger partial charge in [-0.2, -0.15) is 0 Å². The average molecular weight is 301 g/mol. The monoisotopic (exact) mass is 301 g/mol. The van der Waals surface area contributed by atoms with E-state index in [1.165, 1.54) is 0 Å². The lowest BCUT2D eigenvalue weighted by Crippen LogP contribution is -2.45. The fourth-order valence-corrected chi connectivity index (χ4v) is 3.09. The van der Waals surface area contributed by atoms with E-state index >= 15 is 0 Å². The molecule has 22 heavy (non-hydrogen) atoms. The van der Waals surface area contributed by atoms with Crippen LogP contribution in [0.15, 0.2) is 29.1 Å². The Morgan fingerprint density at radius 2 is 2.27 bits per heavy atom. The third kappa shape index (κ3) is 2.50. The van der Waals surface area contributed by atoms with Crippen LogP contribution in [0.3, 0.4) is 0 Å². The highest BCUT2D eigenvalue weighted by molar-refractivity contribution is 5.92. The third-order valence-corrected chi connectivity index (χ3v) is 4.58. The van der Waals surface area contributed by atoms with E-state index in [9.17, 15) is 14.7 Å². The first-order valence-electron chi connectivity index (χ1n) is 7.44. The molecule has 0 aliphatic heterocycles. The lowest BCUT2D eigenvalue weighted by molar-refractivity contribution is 0.0821. The van der Waals surface area contributed by atoms with Gasteiger partial charge < -0.3 is 15.4 Å². The van der Waals surface area contributed by atoms with Crippen molar-refractivity contribution in [1.29, 1.82) is 0 Å². The minimum Gasteiger partial charge on any atom is -0.396 e. The van der Waals surface area contributed by atoms with Gasteiger partial charge in [0, 0.05) is 11.5 Å². The van der Waals surface area contributed by atoms with Crippen LogP contribution in [0.1, 0.15) is 36.8 Å². The number of carbonyl (C=O) groups excluding carboxylic acids is 1. The van der Waals surface area contributed by atoms with Crippen molar-refractivity contribution in [3.63, 3.8) is 0 Å². The second kappa shape index (κ2) is 5.53. The van der Waals surface area contributed by atoms with Crippen molar-refractivity contribution < 1.29 is 9.90 Å². The SMILES string of the molecule is CC1(CO)CCCC1NC(=O)c1nc2ccccc2c(=O)[nH]1. The van der Waals surface area contributed by atoms with Crippen LogP contribution in [-0.4, -0.2) is 33.6 Å². The van der Waals surface area contributed by atoms with Crippen LogP contribution in [0, 0.1) is 5.41 Å². The first-order chi connectivity index (χ1) is 10.5. The average Bonchev–Trinajstić information content (AvgIpc) is 2.89. The fourth-order valence-electron chi connectivity index (χ4n) is 3.09. The number of carbonyl (C=O) groups is 1. The van der Waals surface area contributed by atoms with E-state index in [-0.39, 0.29) is 29.4 Å². The maximum atomic E-state index is 12.4. The molecule has 1 amide bonds. The van der Waals surface area contributed by atoms with Crippen molar-refractivity contribution in [2.24, 2.45) is 5.41 Å². The van der Waals surface area contributed by atoms with Gasteiger partial charge in [0.25, 0.3) is 11.5 Å². The number of benzene rings is 1. The zero-order valence-corrected chi connectivity index (χ0v) is 12.4. The summed E-state index contributed by atoms with van der Waals surface area (Å²) < 4.78 is 0. The number of aromatic nitrogens is 2. The van der Waals surface area contributed by atoms with E-state index in [0.29, 0.717) is 10.9 Å². The number of hydrogen-bond donors (Lipinski definition) is 3. The van der Waals surface area contributed by atoms with Gasteiger partial charge in [-0.3, -0.25) is 9.59 Å². The Bertz CT molecular complexity index is 771. The van der Waals surface area contributed by atoms with E-state index in [4.69, 9.17) is 0 Å². The number of aromatic amines is 1. The van der Waals surface area contributed by atoms with Crippen molar-refractivity contribution >= 4 is 16.8 Å². The quantitative estimate of drug-likeness (QED) is 0.794. The van der Waals surface area contributed by atoms with Crippen LogP contribution in [0.5, 0.6) is 0 Å². The van der Waals surface area contributed by atoms with Gasteiger partial charge in [-0.15, -0.1) is 0 Å². The number of rotatable bonds is 3. The Balaban J connectivity index is 1.88. The molecule has 6 heteroatoms. The van der Waals surface area contributed by atoms with Crippen LogP contribution >= 0.6 is 0 Å². The zero-order valence-electron chi connectivity index (χ0n) is 12.4. The number of nitrogens with one attached hydrogen (secondary N) is 2. The van der Waals surface area contributed by atoms with Gasteiger partial charge in [0.15, 0.2) is 5.82 Å². The highest BCUT2D eigenvalue weighted by Gasteiger charge is 2.39. The van der Waals surface area contributed by atoms with Crippen molar-refractivity contribution in [1.82, 2.24) is 15.3 Å². The molecule has 2 atom stereocenters. The number of hydrogen-bond acceptors (Lipinski definition) is 4. The fraction of sp³-hybridized carbons (Fsp3) is 0.438. The van der Waals surface area contributed by atoms with Crippen molar-refractivity contribution in [2.75, 3.05) is 6.61 Å².